The topological polar surface area (TPSA) is 79.6 Å². The van der Waals surface area contributed by atoms with Crippen molar-refractivity contribution < 1.29 is 19.1 Å². The van der Waals surface area contributed by atoms with Gasteiger partial charge < -0.3 is 14.4 Å². The first-order valence-corrected chi connectivity index (χ1v) is 11.5. The second kappa shape index (κ2) is 11.4. The molecule has 2 aromatic carbocycles. The molecule has 0 aliphatic carbocycles. The molecule has 1 heterocycles. The predicted molar refractivity (Wildman–Crippen MR) is 127 cm³/mol. The van der Waals surface area contributed by atoms with Crippen LogP contribution in [0.3, 0.4) is 0 Å². The van der Waals surface area contributed by atoms with Gasteiger partial charge in [0.05, 0.1) is 25.3 Å². The summed E-state index contributed by atoms with van der Waals surface area (Å²) >= 11 is 12.2. The molecule has 3 rings (SSSR count). The second-order valence-corrected chi connectivity index (χ2v) is 8.81. The summed E-state index contributed by atoms with van der Waals surface area (Å²) in [6.45, 7) is 1.24. The van der Waals surface area contributed by atoms with E-state index in [-0.39, 0.29) is 23.1 Å². The van der Waals surface area contributed by atoms with E-state index in [4.69, 9.17) is 32.7 Å². The van der Waals surface area contributed by atoms with Crippen molar-refractivity contribution in [2.45, 2.75) is 31.6 Å². The van der Waals surface area contributed by atoms with Crippen LogP contribution >= 0.6 is 23.2 Å². The Bertz CT molecular complexity index is 1060. The van der Waals surface area contributed by atoms with E-state index < -0.39 is 11.8 Å². The summed E-state index contributed by atoms with van der Waals surface area (Å²) in [5.41, 5.74) is 0.941. The fourth-order valence-electron chi connectivity index (χ4n) is 4.17. The van der Waals surface area contributed by atoms with Crippen molar-refractivity contribution >= 4 is 34.9 Å². The first-order chi connectivity index (χ1) is 15.9. The molecular formula is C25H26Cl2N2O4. The number of piperidine rings is 1. The van der Waals surface area contributed by atoms with Crippen molar-refractivity contribution in [1.82, 2.24) is 4.90 Å². The molecule has 0 bridgehead atoms. The standard InChI is InChI=1S/C25H26Cl2N2O4/c1-32-23-9-6-16(12-24(23)33-2)19(14-22(30)18-8-7-17(26)13-21(18)27)20(15-28)25(31)29-10-4-3-5-11-29/h6-9,12-13,19-20H,3-5,10-11,14H2,1-2H3/t19-,20+/m0/s1. The smallest absolute Gasteiger partial charge is 0.240 e. The summed E-state index contributed by atoms with van der Waals surface area (Å²) in [5.74, 6) is -1.28. The molecule has 0 spiro atoms. The number of methoxy groups -OCH3 is 2. The van der Waals surface area contributed by atoms with Crippen LogP contribution in [-0.2, 0) is 4.79 Å². The number of likely N-dealkylation sites (tertiary alicyclic amines) is 1. The number of rotatable bonds is 8. The van der Waals surface area contributed by atoms with E-state index in [2.05, 4.69) is 6.07 Å². The molecule has 2 aromatic rings. The predicted octanol–water partition coefficient (Wildman–Crippen LogP) is 5.52. The Morgan fingerprint density at radius 2 is 1.73 bits per heavy atom. The molecular weight excluding hydrogens is 463 g/mol. The van der Waals surface area contributed by atoms with Gasteiger partial charge >= 0.3 is 0 Å². The first-order valence-electron chi connectivity index (χ1n) is 10.8. The molecule has 0 radical (unpaired) electrons. The summed E-state index contributed by atoms with van der Waals surface area (Å²) in [5, 5.41) is 10.7. The van der Waals surface area contributed by atoms with E-state index in [0.29, 0.717) is 40.7 Å². The Kier molecular flexibility index (Phi) is 8.60. The molecule has 0 unspecified atom stereocenters. The van der Waals surface area contributed by atoms with Crippen LogP contribution in [0.25, 0.3) is 0 Å². The SMILES string of the molecule is COc1ccc([C@H](CC(=O)c2ccc(Cl)cc2Cl)[C@@H](C#N)C(=O)N2CCCCC2)cc1OC. The van der Waals surface area contributed by atoms with E-state index in [1.165, 1.54) is 20.3 Å². The Morgan fingerprint density at radius 1 is 1.03 bits per heavy atom. The second-order valence-electron chi connectivity index (χ2n) is 7.97. The molecule has 1 amide bonds. The third-order valence-corrected chi connectivity index (χ3v) is 6.50. The minimum atomic E-state index is -1.03. The highest BCUT2D eigenvalue weighted by Crippen LogP contribution is 2.37. The summed E-state index contributed by atoms with van der Waals surface area (Å²) in [7, 11) is 3.04. The number of Topliss-reactive ketones (excluding diaryl/α,β-unsaturated/α-hetero) is 1. The number of carbonyl (C=O) groups is 2. The average molecular weight is 489 g/mol. The summed E-state index contributed by atoms with van der Waals surface area (Å²) in [4.78, 5) is 28.3. The lowest BCUT2D eigenvalue weighted by Crippen LogP contribution is -2.41. The molecule has 1 aliphatic rings. The van der Waals surface area contributed by atoms with Gasteiger partial charge in [0.2, 0.25) is 5.91 Å². The van der Waals surface area contributed by atoms with E-state index in [1.807, 2.05) is 0 Å². The number of hydrogen-bond donors (Lipinski definition) is 0. The maximum Gasteiger partial charge on any atom is 0.240 e. The lowest BCUT2D eigenvalue weighted by atomic mass is 9.81. The van der Waals surface area contributed by atoms with Gasteiger partial charge in [-0.1, -0.05) is 29.3 Å². The number of carbonyl (C=O) groups excluding carboxylic acids is 2. The zero-order valence-electron chi connectivity index (χ0n) is 18.6. The van der Waals surface area contributed by atoms with E-state index in [1.54, 1.807) is 35.2 Å². The lowest BCUT2D eigenvalue weighted by Gasteiger charge is -2.31. The van der Waals surface area contributed by atoms with Crippen molar-refractivity contribution in [2.75, 3.05) is 27.3 Å². The van der Waals surface area contributed by atoms with E-state index in [0.717, 1.165) is 19.3 Å². The van der Waals surface area contributed by atoms with Crippen molar-refractivity contribution in [3.05, 3.63) is 57.6 Å². The zero-order valence-corrected chi connectivity index (χ0v) is 20.2. The summed E-state index contributed by atoms with van der Waals surface area (Å²) in [6, 6.07) is 12.0. The molecule has 2 atom stereocenters. The highest BCUT2D eigenvalue weighted by atomic mass is 35.5. The van der Waals surface area contributed by atoms with Crippen molar-refractivity contribution in [1.29, 1.82) is 5.26 Å². The number of amides is 1. The third-order valence-electron chi connectivity index (χ3n) is 5.95. The van der Waals surface area contributed by atoms with Gasteiger partial charge in [0, 0.05) is 36.0 Å². The van der Waals surface area contributed by atoms with Gasteiger partial charge in [-0.3, -0.25) is 9.59 Å². The minimum absolute atomic E-state index is 0.0748. The Balaban J connectivity index is 2.00. The molecule has 8 heteroatoms. The van der Waals surface area contributed by atoms with Crippen LogP contribution in [0.4, 0.5) is 0 Å². The normalized spacial score (nSPS) is 15.3. The van der Waals surface area contributed by atoms with Crippen LogP contribution < -0.4 is 9.47 Å². The Morgan fingerprint density at radius 3 is 2.33 bits per heavy atom. The number of nitrogens with zero attached hydrogens (tertiary/aromatic N) is 2. The quantitative estimate of drug-likeness (QED) is 0.457. The number of halogens is 2. The molecule has 6 nitrogen and oxygen atoms in total. The monoisotopic (exact) mass is 488 g/mol. The lowest BCUT2D eigenvalue weighted by molar-refractivity contribution is -0.135. The van der Waals surface area contributed by atoms with Gasteiger partial charge in [-0.05, 0) is 55.2 Å². The zero-order chi connectivity index (χ0) is 24.0. The highest BCUT2D eigenvalue weighted by Gasteiger charge is 2.35. The average Bonchev–Trinajstić information content (AvgIpc) is 2.83. The molecule has 33 heavy (non-hydrogen) atoms. The molecule has 0 aromatic heterocycles. The molecule has 1 aliphatic heterocycles. The van der Waals surface area contributed by atoms with E-state index in [9.17, 15) is 14.9 Å². The molecule has 0 N–H and O–H groups in total. The van der Waals surface area contributed by atoms with Crippen LogP contribution in [0.15, 0.2) is 36.4 Å². The minimum Gasteiger partial charge on any atom is -0.493 e. The van der Waals surface area contributed by atoms with Crippen LogP contribution in [0, 0.1) is 17.2 Å². The van der Waals surface area contributed by atoms with Crippen molar-refractivity contribution in [2.24, 2.45) is 5.92 Å². The van der Waals surface area contributed by atoms with Crippen LogP contribution in [0.1, 0.15) is 47.5 Å². The van der Waals surface area contributed by atoms with Crippen LogP contribution in [0.5, 0.6) is 11.5 Å². The van der Waals surface area contributed by atoms with Gasteiger partial charge in [0.15, 0.2) is 17.3 Å². The summed E-state index contributed by atoms with van der Waals surface area (Å²) < 4.78 is 10.7. The largest absolute Gasteiger partial charge is 0.493 e. The molecule has 1 saturated heterocycles. The number of benzene rings is 2. The number of nitriles is 1. The van der Waals surface area contributed by atoms with Gasteiger partial charge in [0.1, 0.15) is 5.92 Å². The molecule has 0 saturated carbocycles. The number of ether oxygens (including phenoxy) is 2. The molecule has 174 valence electrons. The van der Waals surface area contributed by atoms with Crippen LogP contribution in [0.2, 0.25) is 10.0 Å². The number of ketones is 1. The Hall–Kier alpha value is -2.75. The fourth-order valence-corrected chi connectivity index (χ4v) is 4.68. The van der Waals surface area contributed by atoms with Gasteiger partial charge in [-0.15, -0.1) is 0 Å². The van der Waals surface area contributed by atoms with Gasteiger partial charge in [-0.25, -0.2) is 0 Å². The first kappa shape index (κ1) is 24.9. The third kappa shape index (κ3) is 5.79. The maximum atomic E-state index is 13.3. The number of hydrogen-bond acceptors (Lipinski definition) is 5. The van der Waals surface area contributed by atoms with Crippen LogP contribution in [-0.4, -0.2) is 43.9 Å². The molecule has 1 fully saturated rings. The highest BCUT2D eigenvalue weighted by molar-refractivity contribution is 6.36. The maximum absolute atomic E-state index is 13.3. The summed E-state index contributed by atoms with van der Waals surface area (Å²) in [6.07, 6.45) is 2.80. The van der Waals surface area contributed by atoms with E-state index >= 15 is 0 Å². The van der Waals surface area contributed by atoms with Crippen molar-refractivity contribution in [3.63, 3.8) is 0 Å². The van der Waals surface area contributed by atoms with Gasteiger partial charge in [0.25, 0.3) is 0 Å². The van der Waals surface area contributed by atoms with Crippen molar-refractivity contribution in [3.8, 4) is 17.6 Å². The van der Waals surface area contributed by atoms with Gasteiger partial charge in [-0.2, -0.15) is 5.26 Å². The Labute approximate surface area is 204 Å². The fraction of sp³-hybridized carbons (Fsp3) is 0.400.